The summed E-state index contributed by atoms with van der Waals surface area (Å²) in [5, 5.41) is 5.72. The van der Waals surface area contributed by atoms with Crippen molar-refractivity contribution < 1.29 is 27.5 Å². The van der Waals surface area contributed by atoms with Crippen molar-refractivity contribution in [2.45, 2.75) is 31.3 Å². The van der Waals surface area contributed by atoms with Crippen LogP contribution in [-0.2, 0) is 16.0 Å². The number of halogens is 3. The zero-order chi connectivity index (χ0) is 22.9. The Bertz CT molecular complexity index is 1030. The van der Waals surface area contributed by atoms with E-state index >= 15 is 4.39 Å². The molecule has 2 heterocycles. The van der Waals surface area contributed by atoms with Gasteiger partial charge >= 0.3 is 6.03 Å². The normalized spacial score (nSPS) is 22.8. The van der Waals surface area contributed by atoms with E-state index in [0.29, 0.717) is 19.5 Å². The standard InChI is InChI=1S/C23H24F3N3O3/c1-2-27-22(31)29-7-6-23(13-32-12-20(30)28-23)19(29)10-14-4-3-5-18(21(14)26)15-8-16(24)11-17(25)9-15/h3-5,8-9,11,19H,2,6-7,10,12-13H2,1H3,(H,27,31)(H,28,30). The molecule has 32 heavy (non-hydrogen) atoms. The molecule has 0 saturated carbocycles. The smallest absolute Gasteiger partial charge is 0.317 e. The van der Waals surface area contributed by atoms with Crippen molar-refractivity contribution in [2.75, 3.05) is 26.3 Å². The molecule has 0 bridgehead atoms. The number of hydrogen-bond acceptors (Lipinski definition) is 3. The first-order valence-electron chi connectivity index (χ1n) is 10.5. The maximum atomic E-state index is 15.5. The van der Waals surface area contributed by atoms with Gasteiger partial charge in [-0.15, -0.1) is 0 Å². The van der Waals surface area contributed by atoms with Crippen molar-refractivity contribution in [1.82, 2.24) is 15.5 Å². The summed E-state index contributed by atoms with van der Waals surface area (Å²) in [6.45, 7) is 2.73. The molecule has 2 aliphatic heterocycles. The number of benzene rings is 2. The van der Waals surface area contributed by atoms with Crippen molar-refractivity contribution in [2.24, 2.45) is 0 Å². The zero-order valence-electron chi connectivity index (χ0n) is 17.6. The van der Waals surface area contributed by atoms with Crippen molar-refractivity contribution in [3.05, 3.63) is 59.4 Å². The first-order valence-corrected chi connectivity index (χ1v) is 10.5. The number of ether oxygens (including phenoxy) is 1. The minimum atomic E-state index is -0.839. The first kappa shape index (κ1) is 22.1. The molecule has 0 aromatic heterocycles. The fourth-order valence-electron chi connectivity index (χ4n) is 4.61. The molecular weight excluding hydrogens is 423 g/mol. The number of morpholine rings is 1. The fourth-order valence-corrected chi connectivity index (χ4v) is 4.61. The third-order valence-electron chi connectivity index (χ3n) is 6.05. The summed E-state index contributed by atoms with van der Waals surface area (Å²) in [4.78, 5) is 26.4. The Morgan fingerprint density at radius 1 is 1.25 bits per heavy atom. The topological polar surface area (TPSA) is 70.7 Å². The van der Waals surface area contributed by atoms with Gasteiger partial charge in [-0.25, -0.2) is 18.0 Å². The summed E-state index contributed by atoms with van der Waals surface area (Å²) in [7, 11) is 0. The summed E-state index contributed by atoms with van der Waals surface area (Å²) in [6, 6.07) is 6.61. The van der Waals surface area contributed by atoms with Gasteiger partial charge in [0, 0.05) is 24.7 Å². The van der Waals surface area contributed by atoms with E-state index in [1.165, 1.54) is 6.07 Å². The van der Waals surface area contributed by atoms with Crippen LogP contribution >= 0.6 is 0 Å². The molecule has 6 nitrogen and oxygen atoms in total. The highest BCUT2D eigenvalue weighted by Crippen LogP contribution is 2.35. The average Bonchev–Trinajstić information content (AvgIpc) is 3.06. The van der Waals surface area contributed by atoms with Crippen LogP contribution in [0.3, 0.4) is 0 Å². The monoisotopic (exact) mass is 447 g/mol. The second-order valence-electron chi connectivity index (χ2n) is 8.13. The molecule has 4 rings (SSSR count). The Labute approximate surface area is 183 Å². The van der Waals surface area contributed by atoms with E-state index in [0.717, 1.165) is 18.2 Å². The van der Waals surface area contributed by atoms with Crippen molar-refractivity contribution in [3.8, 4) is 11.1 Å². The predicted molar refractivity (Wildman–Crippen MR) is 111 cm³/mol. The fraction of sp³-hybridized carbons (Fsp3) is 0.391. The van der Waals surface area contributed by atoms with Gasteiger partial charge < -0.3 is 20.3 Å². The average molecular weight is 447 g/mol. The third-order valence-corrected chi connectivity index (χ3v) is 6.05. The molecule has 2 N–H and O–H groups in total. The molecule has 9 heteroatoms. The van der Waals surface area contributed by atoms with Crippen molar-refractivity contribution >= 4 is 11.9 Å². The molecule has 2 aromatic carbocycles. The lowest BCUT2D eigenvalue weighted by molar-refractivity contribution is -0.136. The maximum Gasteiger partial charge on any atom is 0.317 e. The highest BCUT2D eigenvalue weighted by molar-refractivity contribution is 5.80. The lowest BCUT2D eigenvalue weighted by Gasteiger charge is -2.41. The number of rotatable bonds is 4. The molecule has 0 radical (unpaired) electrons. The Balaban J connectivity index is 1.71. The molecular formula is C23H24F3N3O3. The molecule has 170 valence electrons. The maximum absolute atomic E-state index is 15.5. The van der Waals surface area contributed by atoms with E-state index in [-0.39, 0.29) is 48.3 Å². The lowest BCUT2D eigenvalue weighted by atomic mass is 9.85. The van der Waals surface area contributed by atoms with Gasteiger partial charge in [0.05, 0.1) is 18.2 Å². The molecule has 3 amide bonds. The van der Waals surface area contributed by atoms with E-state index in [2.05, 4.69) is 10.6 Å². The van der Waals surface area contributed by atoms with Gasteiger partial charge in [0.2, 0.25) is 5.91 Å². The van der Waals surface area contributed by atoms with Gasteiger partial charge in [0.15, 0.2) is 0 Å². The van der Waals surface area contributed by atoms with E-state index in [4.69, 9.17) is 4.74 Å². The van der Waals surface area contributed by atoms with Crippen LogP contribution in [0.1, 0.15) is 18.9 Å². The van der Waals surface area contributed by atoms with Crippen LogP contribution < -0.4 is 10.6 Å². The second-order valence-corrected chi connectivity index (χ2v) is 8.13. The van der Waals surface area contributed by atoms with Gasteiger partial charge in [-0.3, -0.25) is 4.79 Å². The van der Waals surface area contributed by atoms with Crippen LogP contribution in [0.5, 0.6) is 0 Å². The SMILES string of the molecule is CCNC(=O)N1CCC2(COCC(=O)N2)C1Cc1cccc(-c2cc(F)cc(F)c2)c1F. The molecule has 2 aliphatic rings. The van der Waals surface area contributed by atoms with Gasteiger partial charge in [0.1, 0.15) is 24.1 Å². The van der Waals surface area contributed by atoms with Crippen LogP contribution in [0.2, 0.25) is 0 Å². The van der Waals surface area contributed by atoms with Gasteiger partial charge in [-0.05, 0) is 43.0 Å². The van der Waals surface area contributed by atoms with E-state index in [9.17, 15) is 18.4 Å². The lowest BCUT2D eigenvalue weighted by Crippen LogP contribution is -2.64. The molecule has 1 spiro atoms. The van der Waals surface area contributed by atoms with Crippen LogP contribution in [-0.4, -0.2) is 54.7 Å². The molecule has 2 aromatic rings. The number of amides is 3. The summed E-state index contributed by atoms with van der Waals surface area (Å²) < 4.78 is 48.4. The zero-order valence-corrected chi connectivity index (χ0v) is 17.6. The molecule has 2 atom stereocenters. The Morgan fingerprint density at radius 3 is 2.69 bits per heavy atom. The number of carbonyl (C=O) groups excluding carboxylic acids is 2. The molecule has 2 fully saturated rings. The third kappa shape index (κ3) is 4.17. The minimum absolute atomic E-state index is 0.0569. The van der Waals surface area contributed by atoms with Gasteiger partial charge in [-0.1, -0.05) is 18.2 Å². The summed E-state index contributed by atoms with van der Waals surface area (Å²) in [5.74, 6) is -2.52. The van der Waals surface area contributed by atoms with Crippen LogP contribution in [0.15, 0.2) is 36.4 Å². The van der Waals surface area contributed by atoms with Gasteiger partial charge in [-0.2, -0.15) is 0 Å². The Kier molecular flexibility index (Phi) is 6.10. The minimum Gasteiger partial charge on any atom is -0.369 e. The highest BCUT2D eigenvalue weighted by Gasteiger charge is 2.51. The molecule has 2 saturated heterocycles. The number of hydrogen-bond donors (Lipinski definition) is 2. The molecule has 0 aliphatic carbocycles. The number of urea groups is 1. The van der Waals surface area contributed by atoms with Crippen molar-refractivity contribution in [3.63, 3.8) is 0 Å². The largest absolute Gasteiger partial charge is 0.369 e. The van der Waals surface area contributed by atoms with Crippen LogP contribution in [0.25, 0.3) is 11.1 Å². The van der Waals surface area contributed by atoms with Crippen LogP contribution in [0, 0.1) is 17.5 Å². The van der Waals surface area contributed by atoms with E-state index < -0.39 is 29.0 Å². The summed E-state index contributed by atoms with van der Waals surface area (Å²) >= 11 is 0. The summed E-state index contributed by atoms with van der Waals surface area (Å²) in [5.41, 5.74) is -0.430. The number of nitrogens with one attached hydrogen (secondary N) is 2. The highest BCUT2D eigenvalue weighted by atomic mass is 19.1. The van der Waals surface area contributed by atoms with Crippen molar-refractivity contribution in [1.29, 1.82) is 0 Å². The quantitative estimate of drug-likeness (QED) is 0.757. The van der Waals surface area contributed by atoms with E-state index in [1.54, 1.807) is 24.0 Å². The Morgan fingerprint density at radius 2 is 2.00 bits per heavy atom. The van der Waals surface area contributed by atoms with Gasteiger partial charge in [0.25, 0.3) is 0 Å². The predicted octanol–water partition coefficient (Wildman–Crippen LogP) is 3.00. The first-order chi connectivity index (χ1) is 15.3. The van der Waals surface area contributed by atoms with Crippen LogP contribution in [0.4, 0.5) is 18.0 Å². The molecule has 2 unspecified atom stereocenters. The number of likely N-dealkylation sites (tertiary alicyclic amines) is 1. The second kappa shape index (κ2) is 8.82. The Hall–Kier alpha value is -3.07. The number of carbonyl (C=O) groups is 2. The number of nitrogens with zero attached hydrogens (tertiary/aromatic N) is 1. The van der Waals surface area contributed by atoms with E-state index in [1.807, 2.05) is 0 Å². The summed E-state index contributed by atoms with van der Waals surface area (Å²) in [6.07, 6.45) is 0.565.